The van der Waals surface area contributed by atoms with E-state index in [4.69, 9.17) is 17.3 Å². The Hall–Kier alpha value is -1.65. The minimum Gasteiger partial charge on any atom is -0.324 e. The van der Waals surface area contributed by atoms with Crippen molar-refractivity contribution in [1.29, 1.82) is 0 Å². The van der Waals surface area contributed by atoms with Gasteiger partial charge in [-0.1, -0.05) is 30.9 Å². The van der Waals surface area contributed by atoms with E-state index in [1.165, 1.54) is 0 Å². The fourth-order valence-electron chi connectivity index (χ4n) is 2.90. The van der Waals surface area contributed by atoms with Gasteiger partial charge in [0.1, 0.15) is 0 Å². The minimum atomic E-state index is -0.758. The number of fused-ring (bicyclic) bond motifs is 1. The van der Waals surface area contributed by atoms with Crippen molar-refractivity contribution < 1.29 is 4.79 Å². The quantitative estimate of drug-likeness (QED) is 0.892. The molecule has 1 aromatic carbocycles. The van der Waals surface area contributed by atoms with Crippen LogP contribution in [0.2, 0.25) is 5.02 Å². The molecule has 1 aromatic heterocycles. The third-order valence-corrected chi connectivity index (χ3v) is 4.47. The van der Waals surface area contributed by atoms with Crippen molar-refractivity contribution in [2.45, 2.75) is 37.6 Å². The standard InChI is InChI=1S/C16H18ClN3O/c17-12-6-7-13(11-5-4-10-19-14(11)12)20-15(21)16(18)8-2-1-3-9-16/h4-7,10H,1-3,8-9,18H2,(H,20,21). The number of carbonyl (C=O) groups is 1. The first kappa shape index (κ1) is 14.3. The largest absolute Gasteiger partial charge is 0.324 e. The van der Waals surface area contributed by atoms with Crippen LogP contribution in [0.1, 0.15) is 32.1 Å². The number of nitrogens with one attached hydrogen (secondary N) is 1. The summed E-state index contributed by atoms with van der Waals surface area (Å²) in [5, 5.41) is 4.36. The summed E-state index contributed by atoms with van der Waals surface area (Å²) in [5.41, 5.74) is 6.91. The molecule has 0 atom stereocenters. The summed E-state index contributed by atoms with van der Waals surface area (Å²) in [7, 11) is 0. The molecule has 1 fully saturated rings. The number of aromatic nitrogens is 1. The lowest BCUT2D eigenvalue weighted by atomic mass is 9.82. The van der Waals surface area contributed by atoms with Crippen LogP contribution in [-0.4, -0.2) is 16.4 Å². The fourth-order valence-corrected chi connectivity index (χ4v) is 3.12. The average Bonchev–Trinajstić information content (AvgIpc) is 2.51. The van der Waals surface area contributed by atoms with Crippen LogP contribution in [0.4, 0.5) is 5.69 Å². The molecule has 5 heteroatoms. The molecule has 0 bridgehead atoms. The van der Waals surface area contributed by atoms with Crippen LogP contribution in [0.5, 0.6) is 0 Å². The van der Waals surface area contributed by atoms with Gasteiger partial charge >= 0.3 is 0 Å². The molecule has 1 saturated carbocycles. The number of hydrogen-bond donors (Lipinski definition) is 2. The van der Waals surface area contributed by atoms with Crippen LogP contribution >= 0.6 is 11.6 Å². The van der Waals surface area contributed by atoms with Crippen molar-refractivity contribution in [2.24, 2.45) is 5.73 Å². The second kappa shape index (κ2) is 5.62. The molecular weight excluding hydrogens is 286 g/mol. The van der Waals surface area contributed by atoms with E-state index in [9.17, 15) is 4.79 Å². The number of hydrogen-bond acceptors (Lipinski definition) is 3. The van der Waals surface area contributed by atoms with Gasteiger partial charge in [0.25, 0.3) is 0 Å². The van der Waals surface area contributed by atoms with Crippen LogP contribution in [0.25, 0.3) is 10.9 Å². The van der Waals surface area contributed by atoms with Crippen molar-refractivity contribution in [1.82, 2.24) is 4.98 Å². The molecule has 0 spiro atoms. The molecule has 2 aromatic rings. The Bertz CT molecular complexity index is 680. The van der Waals surface area contributed by atoms with Gasteiger partial charge < -0.3 is 11.1 Å². The fraction of sp³-hybridized carbons (Fsp3) is 0.375. The maximum Gasteiger partial charge on any atom is 0.244 e. The van der Waals surface area contributed by atoms with Crippen molar-refractivity contribution in [3.8, 4) is 0 Å². The molecule has 1 aliphatic carbocycles. The monoisotopic (exact) mass is 303 g/mol. The first-order valence-corrected chi connectivity index (χ1v) is 7.61. The highest BCUT2D eigenvalue weighted by molar-refractivity contribution is 6.35. The number of carbonyl (C=O) groups excluding carboxylic acids is 1. The predicted molar refractivity (Wildman–Crippen MR) is 85.4 cm³/mol. The molecule has 110 valence electrons. The van der Waals surface area contributed by atoms with Gasteiger partial charge in [-0.15, -0.1) is 0 Å². The molecule has 0 aliphatic heterocycles. The molecule has 21 heavy (non-hydrogen) atoms. The molecule has 0 saturated heterocycles. The first-order chi connectivity index (χ1) is 10.1. The zero-order valence-corrected chi connectivity index (χ0v) is 12.5. The van der Waals surface area contributed by atoms with Crippen molar-refractivity contribution >= 4 is 34.1 Å². The topological polar surface area (TPSA) is 68.0 Å². The molecule has 3 rings (SSSR count). The molecule has 1 heterocycles. The maximum atomic E-state index is 12.5. The van der Waals surface area contributed by atoms with E-state index in [1.54, 1.807) is 18.3 Å². The molecule has 3 N–H and O–H groups in total. The second-order valence-electron chi connectivity index (χ2n) is 5.67. The zero-order chi connectivity index (χ0) is 14.9. The summed E-state index contributed by atoms with van der Waals surface area (Å²) in [6.07, 6.45) is 6.33. The lowest BCUT2D eigenvalue weighted by molar-refractivity contribution is -0.122. The average molecular weight is 304 g/mol. The number of anilines is 1. The Labute approximate surface area is 128 Å². The number of nitrogens with zero attached hydrogens (tertiary/aromatic N) is 1. The number of amides is 1. The summed E-state index contributed by atoms with van der Waals surface area (Å²) >= 11 is 6.14. The molecule has 0 unspecified atom stereocenters. The normalized spacial score (nSPS) is 17.6. The highest BCUT2D eigenvalue weighted by atomic mass is 35.5. The Morgan fingerprint density at radius 3 is 2.76 bits per heavy atom. The summed E-state index contributed by atoms with van der Waals surface area (Å²) < 4.78 is 0. The summed E-state index contributed by atoms with van der Waals surface area (Å²) in [5.74, 6) is -0.116. The van der Waals surface area contributed by atoms with Crippen LogP contribution in [0.15, 0.2) is 30.5 Å². The third-order valence-electron chi connectivity index (χ3n) is 4.17. The van der Waals surface area contributed by atoms with Gasteiger partial charge in [-0.2, -0.15) is 0 Å². The van der Waals surface area contributed by atoms with Gasteiger partial charge in [0.2, 0.25) is 5.91 Å². The zero-order valence-electron chi connectivity index (χ0n) is 11.7. The van der Waals surface area contributed by atoms with E-state index in [-0.39, 0.29) is 5.91 Å². The van der Waals surface area contributed by atoms with Gasteiger partial charge in [0.05, 0.1) is 21.8 Å². The molecule has 1 aliphatic rings. The number of nitrogens with two attached hydrogens (primary N) is 1. The number of rotatable bonds is 2. The second-order valence-corrected chi connectivity index (χ2v) is 6.07. The lowest BCUT2D eigenvalue weighted by Gasteiger charge is -2.31. The molecule has 1 amide bonds. The third kappa shape index (κ3) is 2.74. The van der Waals surface area contributed by atoms with Gasteiger partial charge in [-0.05, 0) is 37.1 Å². The van der Waals surface area contributed by atoms with Crippen molar-refractivity contribution in [3.05, 3.63) is 35.5 Å². The van der Waals surface area contributed by atoms with Crippen LogP contribution in [-0.2, 0) is 4.79 Å². The molecule has 0 radical (unpaired) electrons. The van der Waals surface area contributed by atoms with E-state index in [2.05, 4.69) is 10.3 Å². The highest BCUT2D eigenvalue weighted by Crippen LogP contribution is 2.31. The van der Waals surface area contributed by atoms with E-state index in [1.807, 2.05) is 12.1 Å². The highest BCUT2D eigenvalue weighted by Gasteiger charge is 2.35. The molecule has 4 nitrogen and oxygen atoms in total. The van der Waals surface area contributed by atoms with Gasteiger partial charge in [0.15, 0.2) is 0 Å². The summed E-state index contributed by atoms with van der Waals surface area (Å²) in [4.78, 5) is 16.8. The number of halogens is 1. The Kier molecular flexibility index (Phi) is 3.83. The van der Waals surface area contributed by atoms with E-state index in [0.29, 0.717) is 16.2 Å². The Balaban J connectivity index is 1.91. The number of pyridine rings is 1. The predicted octanol–water partition coefficient (Wildman–Crippen LogP) is 3.49. The Morgan fingerprint density at radius 1 is 1.24 bits per heavy atom. The van der Waals surface area contributed by atoms with Crippen molar-refractivity contribution in [3.63, 3.8) is 0 Å². The molecular formula is C16H18ClN3O. The lowest BCUT2D eigenvalue weighted by Crippen LogP contribution is -2.52. The van der Waals surface area contributed by atoms with Gasteiger partial charge in [0, 0.05) is 11.6 Å². The van der Waals surface area contributed by atoms with Crippen LogP contribution in [0.3, 0.4) is 0 Å². The number of benzene rings is 1. The summed E-state index contributed by atoms with van der Waals surface area (Å²) in [6.45, 7) is 0. The Morgan fingerprint density at radius 2 is 2.00 bits per heavy atom. The first-order valence-electron chi connectivity index (χ1n) is 7.24. The van der Waals surface area contributed by atoms with Crippen LogP contribution in [0, 0.1) is 0 Å². The van der Waals surface area contributed by atoms with E-state index >= 15 is 0 Å². The SMILES string of the molecule is NC1(C(=O)Nc2ccc(Cl)c3ncccc23)CCCCC1. The van der Waals surface area contributed by atoms with Gasteiger partial charge in [-0.3, -0.25) is 9.78 Å². The minimum absolute atomic E-state index is 0.116. The van der Waals surface area contributed by atoms with Crippen LogP contribution < -0.4 is 11.1 Å². The van der Waals surface area contributed by atoms with Crippen molar-refractivity contribution in [2.75, 3.05) is 5.32 Å². The summed E-state index contributed by atoms with van der Waals surface area (Å²) in [6, 6.07) is 7.27. The smallest absolute Gasteiger partial charge is 0.244 e. The maximum absolute atomic E-state index is 12.5. The van der Waals surface area contributed by atoms with E-state index < -0.39 is 5.54 Å². The van der Waals surface area contributed by atoms with E-state index in [0.717, 1.165) is 37.5 Å². The van der Waals surface area contributed by atoms with Gasteiger partial charge in [-0.25, -0.2) is 0 Å².